The molecule has 0 unspecified atom stereocenters. The summed E-state index contributed by atoms with van der Waals surface area (Å²) in [4.78, 5) is 0. The first-order valence-electron chi connectivity index (χ1n) is 9.08. The SMILES string of the molecule is CCCCCCCCCCCCOc1ccc(CC)cc1.O. The van der Waals surface area contributed by atoms with Gasteiger partial charge >= 0.3 is 0 Å². The summed E-state index contributed by atoms with van der Waals surface area (Å²) in [5, 5.41) is 0. The van der Waals surface area contributed by atoms with Gasteiger partial charge in [-0.05, 0) is 30.5 Å². The predicted molar refractivity (Wildman–Crippen MR) is 96.8 cm³/mol. The summed E-state index contributed by atoms with van der Waals surface area (Å²) in [7, 11) is 0. The fourth-order valence-corrected chi connectivity index (χ4v) is 2.60. The van der Waals surface area contributed by atoms with Gasteiger partial charge in [0.25, 0.3) is 0 Å². The van der Waals surface area contributed by atoms with Gasteiger partial charge in [-0.15, -0.1) is 0 Å². The highest BCUT2D eigenvalue weighted by Gasteiger charge is 1.95. The van der Waals surface area contributed by atoms with Crippen LogP contribution in [0.5, 0.6) is 5.75 Å². The van der Waals surface area contributed by atoms with Gasteiger partial charge in [-0.2, -0.15) is 0 Å². The maximum absolute atomic E-state index is 5.78. The Hall–Kier alpha value is -1.02. The van der Waals surface area contributed by atoms with Crippen molar-refractivity contribution in [2.75, 3.05) is 6.61 Å². The van der Waals surface area contributed by atoms with Crippen molar-refractivity contribution in [2.24, 2.45) is 0 Å². The molecule has 0 bridgehead atoms. The van der Waals surface area contributed by atoms with E-state index in [1.807, 2.05) is 0 Å². The number of hydrogen-bond acceptors (Lipinski definition) is 1. The third kappa shape index (κ3) is 10.7. The Morgan fingerprint density at radius 3 is 1.68 bits per heavy atom. The van der Waals surface area contributed by atoms with Crippen LogP contribution in [0, 0.1) is 0 Å². The Balaban J connectivity index is 0.00000441. The lowest BCUT2D eigenvalue weighted by atomic mass is 10.1. The molecule has 2 N–H and O–H groups in total. The molecular formula is C20H36O2. The second-order valence-electron chi connectivity index (χ2n) is 6.03. The Morgan fingerprint density at radius 1 is 0.682 bits per heavy atom. The summed E-state index contributed by atoms with van der Waals surface area (Å²) in [5.41, 5.74) is 1.38. The molecule has 22 heavy (non-hydrogen) atoms. The molecule has 0 fully saturated rings. The fourth-order valence-electron chi connectivity index (χ4n) is 2.60. The van der Waals surface area contributed by atoms with Crippen LogP contribution in [-0.2, 0) is 6.42 Å². The minimum absolute atomic E-state index is 0. The molecule has 0 aliphatic heterocycles. The lowest BCUT2D eigenvalue weighted by Crippen LogP contribution is -1.97. The number of benzene rings is 1. The molecule has 1 aromatic rings. The summed E-state index contributed by atoms with van der Waals surface area (Å²) < 4.78 is 5.78. The van der Waals surface area contributed by atoms with Gasteiger partial charge in [-0.25, -0.2) is 0 Å². The quantitative estimate of drug-likeness (QED) is 0.429. The Bertz CT molecular complexity index is 332. The Morgan fingerprint density at radius 2 is 1.18 bits per heavy atom. The molecule has 0 spiro atoms. The van der Waals surface area contributed by atoms with Crippen LogP contribution in [0.1, 0.15) is 83.6 Å². The summed E-state index contributed by atoms with van der Waals surface area (Å²) >= 11 is 0. The van der Waals surface area contributed by atoms with Crippen LogP contribution in [0.15, 0.2) is 24.3 Å². The molecule has 0 radical (unpaired) electrons. The summed E-state index contributed by atoms with van der Waals surface area (Å²) in [6.07, 6.45) is 14.8. The van der Waals surface area contributed by atoms with Crippen molar-refractivity contribution in [2.45, 2.75) is 84.5 Å². The van der Waals surface area contributed by atoms with Gasteiger partial charge in [0.15, 0.2) is 0 Å². The summed E-state index contributed by atoms with van der Waals surface area (Å²) in [5.74, 6) is 1.02. The van der Waals surface area contributed by atoms with Crippen LogP contribution in [0.3, 0.4) is 0 Å². The van der Waals surface area contributed by atoms with Crippen LogP contribution in [0.4, 0.5) is 0 Å². The van der Waals surface area contributed by atoms with Gasteiger partial charge in [0.05, 0.1) is 6.61 Å². The van der Waals surface area contributed by atoms with Crippen molar-refractivity contribution in [3.8, 4) is 5.75 Å². The van der Waals surface area contributed by atoms with Crippen molar-refractivity contribution in [1.29, 1.82) is 0 Å². The van der Waals surface area contributed by atoms with Crippen molar-refractivity contribution in [3.63, 3.8) is 0 Å². The molecule has 0 aliphatic rings. The van der Waals surface area contributed by atoms with Crippen molar-refractivity contribution < 1.29 is 10.2 Å². The van der Waals surface area contributed by atoms with Gasteiger partial charge in [0, 0.05) is 0 Å². The molecular weight excluding hydrogens is 272 g/mol. The van der Waals surface area contributed by atoms with E-state index in [1.54, 1.807) is 0 Å². The van der Waals surface area contributed by atoms with Gasteiger partial charge < -0.3 is 10.2 Å². The second-order valence-corrected chi connectivity index (χ2v) is 6.03. The van der Waals surface area contributed by atoms with E-state index >= 15 is 0 Å². The zero-order valence-corrected chi connectivity index (χ0v) is 14.7. The van der Waals surface area contributed by atoms with E-state index in [1.165, 1.54) is 69.8 Å². The molecule has 0 aliphatic carbocycles. The fraction of sp³-hybridized carbons (Fsp3) is 0.700. The normalized spacial score (nSPS) is 10.3. The standard InChI is InChI=1S/C20H34O.H2O/c1-3-5-6-7-8-9-10-11-12-13-18-21-20-16-14-19(4-2)15-17-20;/h14-17H,3-13,18H2,1-2H3;1H2. The number of unbranched alkanes of at least 4 members (excludes halogenated alkanes) is 9. The van der Waals surface area contributed by atoms with Crippen LogP contribution in [-0.4, -0.2) is 12.1 Å². The van der Waals surface area contributed by atoms with Crippen molar-refractivity contribution in [1.82, 2.24) is 0 Å². The molecule has 0 saturated carbocycles. The van der Waals surface area contributed by atoms with Crippen LogP contribution in [0.25, 0.3) is 0 Å². The van der Waals surface area contributed by atoms with E-state index in [9.17, 15) is 0 Å². The Kier molecular flexibility index (Phi) is 14.2. The second kappa shape index (κ2) is 14.9. The molecule has 1 aromatic carbocycles. The predicted octanol–water partition coefficient (Wildman–Crippen LogP) is 5.72. The van der Waals surface area contributed by atoms with E-state index in [0.717, 1.165) is 18.8 Å². The maximum Gasteiger partial charge on any atom is 0.119 e. The van der Waals surface area contributed by atoms with Gasteiger partial charge in [-0.1, -0.05) is 83.8 Å². The number of aryl methyl sites for hydroxylation is 1. The summed E-state index contributed by atoms with van der Waals surface area (Å²) in [6.45, 7) is 5.32. The molecule has 128 valence electrons. The van der Waals surface area contributed by atoms with Crippen LogP contribution in [0.2, 0.25) is 0 Å². The molecule has 0 amide bonds. The largest absolute Gasteiger partial charge is 0.494 e. The smallest absolute Gasteiger partial charge is 0.119 e. The van der Waals surface area contributed by atoms with E-state index in [2.05, 4.69) is 38.1 Å². The van der Waals surface area contributed by atoms with Gasteiger partial charge in [-0.3, -0.25) is 0 Å². The van der Waals surface area contributed by atoms with Crippen molar-refractivity contribution in [3.05, 3.63) is 29.8 Å². The molecule has 0 saturated heterocycles. The first-order chi connectivity index (χ1) is 10.4. The first-order valence-corrected chi connectivity index (χ1v) is 9.08. The highest BCUT2D eigenvalue weighted by atomic mass is 16.5. The highest BCUT2D eigenvalue weighted by Crippen LogP contribution is 2.14. The first kappa shape index (κ1) is 21.0. The van der Waals surface area contributed by atoms with E-state index < -0.39 is 0 Å². The molecule has 0 atom stereocenters. The number of rotatable bonds is 13. The highest BCUT2D eigenvalue weighted by molar-refractivity contribution is 5.27. The molecule has 0 heterocycles. The average Bonchev–Trinajstić information content (AvgIpc) is 2.53. The number of hydrogen-bond donors (Lipinski definition) is 0. The van der Waals surface area contributed by atoms with E-state index in [-0.39, 0.29) is 5.48 Å². The molecule has 0 aromatic heterocycles. The van der Waals surface area contributed by atoms with Gasteiger partial charge in [0.1, 0.15) is 5.75 Å². The monoisotopic (exact) mass is 308 g/mol. The third-order valence-corrected chi connectivity index (χ3v) is 4.10. The lowest BCUT2D eigenvalue weighted by molar-refractivity contribution is 0.304. The lowest BCUT2D eigenvalue weighted by Gasteiger charge is -2.07. The van der Waals surface area contributed by atoms with Crippen LogP contribution >= 0.6 is 0 Å². The van der Waals surface area contributed by atoms with Gasteiger partial charge in [0.2, 0.25) is 0 Å². The van der Waals surface area contributed by atoms with E-state index in [4.69, 9.17) is 4.74 Å². The molecule has 2 heteroatoms. The molecule has 2 nitrogen and oxygen atoms in total. The zero-order valence-electron chi connectivity index (χ0n) is 14.7. The average molecular weight is 309 g/mol. The zero-order chi connectivity index (χ0) is 15.2. The Labute approximate surface area is 137 Å². The topological polar surface area (TPSA) is 40.7 Å². The minimum atomic E-state index is 0. The van der Waals surface area contributed by atoms with E-state index in [0.29, 0.717) is 0 Å². The maximum atomic E-state index is 5.78. The number of ether oxygens (including phenoxy) is 1. The van der Waals surface area contributed by atoms with Crippen molar-refractivity contribution >= 4 is 0 Å². The third-order valence-electron chi connectivity index (χ3n) is 4.10. The minimum Gasteiger partial charge on any atom is -0.494 e. The molecule has 1 rings (SSSR count). The van der Waals surface area contributed by atoms with Crippen LogP contribution < -0.4 is 4.74 Å². The summed E-state index contributed by atoms with van der Waals surface area (Å²) in [6, 6.07) is 8.51.